The van der Waals surface area contributed by atoms with E-state index in [0.29, 0.717) is 13.0 Å². The molecule has 0 aliphatic carbocycles. The zero-order valence-electron chi connectivity index (χ0n) is 7.51. The summed E-state index contributed by atoms with van der Waals surface area (Å²) in [4.78, 5) is 10.1. The fourth-order valence-electron chi connectivity index (χ4n) is 0.989. The van der Waals surface area contributed by atoms with Crippen LogP contribution in [0, 0.1) is 0 Å². The quantitative estimate of drug-likeness (QED) is 0.507. The van der Waals surface area contributed by atoms with Gasteiger partial charge in [0.1, 0.15) is 0 Å². The van der Waals surface area contributed by atoms with Crippen molar-refractivity contribution >= 4 is 29.0 Å². The van der Waals surface area contributed by atoms with Gasteiger partial charge in [-0.3, -0.25) is 4.79 Å². The molecule has 0 amide bonds. The van der Waals surface area contributed by atoms with E-state index in [-0.39, 0.29) is 5.78 Å². The van der Waals surface area contributed by atoms with Crippen LogP contribution in [0.4, 0.5) is 0 Å². The van der Waals surface area contributed by atoms with Gasteiger partial charge in [-0.25, -0.2) is 0 Å². The zero-order valence-corrected chi connectivity index (χ0v) is 9.02. The zero-order chi connectivity index (χ0) is 10.3. The van der Waals surface area contributed by atoms with E-state index in [2.05, 4.69) is 0 Å². The van der Waals surface area contributed by atoms with Crippen LogP contribution in [0.1, 0.15) is 25.7 Å². The van der Waals surface area contributed by atoms with Crippen LogP contribution in [-0.4, -0.2) is 23.2 Å². The second kappa shape index (κ2) is 7.56. The van der Waals surface area contributed by atoms with E-state index in [1.807, 2.05) is 0 Å². The molecule has 0 aliphatic heterocycles. The summed E-state index contributed by atoms with van der Waals surface area (Å²) in [7, 11) is 0. The van der Waals surface area contributed by atoms with Gasteiger partial charge >= 0.3 is 0 Å². The van der Waals surface area contributed by atoms with Gasteiger partial charge in [-0.2, -0.15) is 0 Å². The summed E-state index contributed by atoms with van der Waals surface area (Å²) in [6, 6.07) is -0.530. The van der Waals surface area contributed by atoms with Crippen molar-refractivity contribution in [3.63, 3.8) is 0 Å². The molecule has 4 N–H and O–H groups in total. The highest BCUT2D eigenvalue weighted by molar-refractivity contribution is 6.54. The molecule has 1 unspecified atom stereocenters. The number of carbonyl (C=O) groups is 1. The number of halogens is 2. The third kappa shape index (κ3) is 6.27. The Morgan fingerprint density at radius 3 is 2.31 bits per heavy atom. The summed E-state index contributed by atoms with van der Waals surface area (Å²) in [5.41, 5.74) is 10.9. The summed E-state index contributed by atoms with van der Waals surface area (Å²) < 4.78 is 0. The van der Waals surface area contributed by atoms with E-state index >= 15 is 0 Å². The molecule has 0 rings (SSSR count). The first-order chi connectivity index (χ1) is 6.09. The largest absolute Gasteiger partial charge is 0.330 e. The number of alkyl halides is 2. The van der Waals surface area contributed by atoms with E-state index in [1.54, 1.807) is 0 Å². The van der Waals surface area contributed by atoms with Crippen molar-refractivity contribution < 1.29 is 4.79 Å². The Kier molecular flexibility index (Phi) is 7.66. The molecule has 0 bridgehead atoms. The molecule has 0 saturated carbocycles. The van der Waals surface area contributed by atoms with Crippen LogP contribution in [0.15, 0.2) is 0 Å². The SMILES string of the molecule is NCCCCCC(N)C(=O)C(Cl)Cl. The molecule has 0 aromatic heterocycles. The van der Waals surface area contributed by atoms with Gasteiger partial charge < -0.3 is 11.5 Å². The lowest BCUT2D eigenvalue weighted by atomic mass is 10.1. The fourth-order valence-corrected chi connectivity index (χ4v) is 1.31. The number of carbonyl (C=O) groups excluding carboxylic acids is 1. The molecule has 78 valence electrons. The lowest BCUT2D eigenvalue weighted by Crippen LogP contribution is -2.34. The molecule has 5 heteroatoms. The minimum Gasteiger partial charge on any atom is -0.330 e. The van der Waals surface area contributed by atoms with Crippen molar-refractivity contribution in [1.29, 1.82) is 0 Å². The van der Waals surface area contributed by atoms with Crippen molar-refractivity contribution in [2.45, 2.75) is 36.6 Å². The highest BCUT2D eigenvalue weighted by atomic mass is 35.5. The maximum Gasteiger partial charge on any atom is 0.182 e. The normalized spacial score (nSPS) is 13.3. The van der Waals surface area contributed by atoms with E-state index in [0.717, 1.165) is 19.3 Å². The van der Waals surface area contributed by atoms with E-state index < -0.39 is 10.9 Å². The van der Waals surface area contributed by atoms with Crippen molar-refractivity contribution in [2.24, 2.45) is 11.5 Å². The van der Waals surface area contributed by atoms with Crippen LogP contribution in [0.3, 0.4) is 0 Å². The number of rotatable bonds is 7. The average Bonchev–Trinajstić information content (AvgIpc) is 2.10. The number of unbranched alkanes of at least 4 members (excludes halogenated alkanes) is 2. The van der Waals surface area contributed by atoms with E-state index in [9.17, 15) is 4.79 Å². The Labute approximate surface area is 88.7 Å². The fraction of sp³-hybridized carbons (Fsp3) is 0.875. The van der Waals surface area contributed by atoms with Crippen LogP contribution in [-0.2, 0) is 4.79 Å². The topological polar surface area (TPSA) is 69.1 Å². The van der Waals surface area contributed by atoms with Gasteiger partial charge in [0.15, 0.2) is 10.6 Å². The van der Waals surface area contributed by atoms with Crippen LogP contribution < -0.4 is 11.5 Å². The van der Waals surface area contributed by atoms with E-state index in [1.165, 1.54) is 0 Å². The average molecular weight is 227 g/mol. The highest BCUT2D eigenvalue weighted by Gasteiger charge is 2.19. The number of hydrogen-bond donors (Lipinski definition) is 2. The second-order valence-electron chi connectivity index (χ2n) is 2.95. The minimum atomic E-state index is -0.996. The maximum absolute atomic E-state index is 11.1. The maximum atomic E-state index is 11.1. The predicted molar refractivity (Wildman–Crippen MR) is 56.0 cm³/mol. The highest BCUT2D eigenvalue weighted by Crippen LogP contribution is 2.09. The van der Waals surface area contributed by atoms with Crippen molar-refractivity contribution in [1.82, 2.24) is 0 Å². The first-order valence-electron chi connectivity index (χ1n) is 4.37. The number of hydrogen-bond acceptors (Lipinski definition) is 3. The molecule has 0 aromatic rings. The second-order valence-corrected chi connectivity index (χ2v) is 4.04. The molecule has 0 aromatic carbocycles. The summed E-state index contributed by atoms with van der Waals surface area (Å²) in [5, 5.41) is 0. The standard InChI is InChI=1S/C8H16Cl2N2O/c9-8(10)7(13)6(12)4-2-1-3-5-11/h6,8H,1-5,11-12H2. The molecule has 0 fully saturated rings. The number of Topliss-reactive ketones (excluding diaryl/α,β-unsaturated/α-hetero) is 1. The molecule has 13 heavy (non-hydrogen) atoms. The predicted octanol–water partition coefficient (Wildman–Crippen LogP) is 1.21. The Morgan fingerprint density at radius 1 is 1.23 bits per heavy atom. The summed E-state index contributed by atoms with van der Waals surface area (Å²) in [6.45, 7) is 0.677. The van der Waals surface area contributed by atoms with Gasteiger partial charge in [0.25, 0.3) is 0 Å². The number of ketones is 1. The summed E-state index contributed by atoms with van der Waals surface area (Å²) in [6.07, 6.45) is 3.48. The molecule has 0 saturated heterocycles. The molecular weight excluding hydrogens is 211 g/mol. The van der Waals surface area contributed by atoms with Crippen LogP contribution >= 0.6 is 23.2 Å². The third-order valence-electron chi connectivity index (χ3n) is 1.80. The van der Waals surface area contributed by atoms with Gasteiger partial charge in [-0.15, -0.1) is 0 Å². The van der Waals surface area contributed by atoms with Gasteiger partial charge in [-0.1, -0.05) is 36.0 Å². The lowest BCUT2D eigenvalue weighted by molar-refractivity contribution is -0.118. The van der Waals surface area contributed by atoms with Gasteiger partial charge in [-0.05, 0) is 19.4 Å². The van der Waals surface area contributed by atoms with Crippen LogP contribution in [0.2, 0.25) is 0 Å². The lowest BCUT2D eigenvalue weighted by Gasteiger charge is -2.10. The Balaban J connectivity index is 3.50. The molecule has 0 aliphatic rings. The molecule has 1 atom stereocenters. The smallest absolute Gasteiger partial charge is 0.182 e. The Morgan fingerprint density at radius 2 is 1.85 bits per heavy atom. The molecular formula is C8H16Cl2N2O. The minimum absolute atomic E-state index is 0.295. The third-order valence-corrected chi connectivity index (χ3v) is 2.23. The number of nitrogens with two attached hydrogens (primary N) is 2. The van der Waals surface area contributed by atoms with Crippen molar-refractivity contribution in [3.05, 3.63) is 0 Å². The van der Waals surface area contributed by atoms with Crippen LogP contribution in [0.25, 0.3) is 0 Å². The first-order valence-corrected chi connectivity index (χ1v) is 5.24. The van der Waals surface area contributed by atoms with Gasteiger partial charge in [0.05, 0.1) is 6.04 Å². The van der Waals surface area contributed by atoms with Crippen molar-refractivity contribution in [3.8, 4) is 0 Å². The van der Waals surface area contributed by atoms with Crippen molar-refractivity contribution in [2.75, 3.05) is 6.54 Å². The Bertz CT molecular complexity index is 153. The Hall–Kier alpha value is 0.170. The van der Waals surface area contributed by atoms with Gasteiger partial charge in [0.2, 0.25) is 0 Å². The summed E-state index contributed by atoms with van der Waals surface area (Å²) >= 11 is 10.8. The molecule has 0 spiro atoms. The van der Waals surface area contributed by atoms with Crippen LogP contribution in [0.5, 0.6) is 0 Å². The first kappa shape index (κ1) is 13.2. The molecule has 0 heterocycles. The van der Waals surface area contributed by atoms with Gasteiger partial charge in [0, 0.05) is 0 Å². The monoisotopic (exact) mass is 226 g/mol. The molecule has 3 nitrogen and oxygen atoms in total. The van der Waals surface area contributed by atoms with E-state index in [4.69, 9.17) is 34.7 Å². The summed E-state index contributed by atoms with van der Waals surface area (Å²) in [5.74, 6) is -0.295. The molecule has 0 radical (unpaired) electrons.